The first-order chi connectivity index (χ1) is 12.9. The highest BCUT2D eigenvalue weighted by molar-refractivity contribution is 5.95. The third kappa shape index (κ3) is 4.40. The standard InChI is InChI=1S/C23H28NO3/c1-23(2,3)24-15-18-14-20(27-13-5-12-25)10-11-21(18)22(16-24)17-6-8-19(26-4)9-7-17/h6-11,14-16,25H,5,12-13H2,1-4H3/q+1. The van der Waals surface area contributed by atoms with E-state index in [0.29, 0.717) is 13.0 Å². The van der Waals surface area contributed by atoms with Crippen molar-refractivity contribution in [3.05, 3.63) is 54.9 Å². The first-order valence-corrected chi connectivity index (χ1v) is 9.30. The molecule has 1 aromatic heterocycles. The van der Waals surface area contributed by atoms with E-state index in [2.05, 4.69) is 62.0 Å². The largest absolute Gasteiger partial charge is 0.497 e. The van der Waals surface area contributed by atoms with Crippen LogP contribution in [0.3, 0.4) is 0 Å². The van der Waals surface area contributed by atoms with Crippen LogP contribution in [0.15, 0.2) is 54.9 Å². The Morgan fingerprint density at radius 3 is 2.30 bits per heavy atom. The van der Waals surface area contributed by atoms with Gasteiger partial charge in [-0.1, -0.05) is 12.1 Å². The summed E-state index contributed by atoms with van der Waals surface area (Å²) >= 11 is 0. The summed E-state index contributed by atoms with van der Waals surface area (Å²) in [5, 5.41) is 11.3. The summed E-state index contributed by atoms with van der Waals surface area (Å²) in [6.07, 6.45) is 5.00. The van der Waals surface area contributed by atoms with Gasteiger partial charge in [0, 0.05) is 39.2 Å². The van der Waals surface area contributed by atoms with E-state index in [-0.39, 0.29) is 12.1 Å². The maximum absolute atomic E-state index is 8.95. The zero-order chi connectivity index (χ0) is 19.4. The Bertz CT molecular complexity index is 911. The van der Waals surface area contributed by atoms with Crippen molar-refractivity contribution in [1.29, 1.82) is 0 Å². The van der Waals surface area contributed by atoms with Crippen molar-refractivity contribution < 1.29 is 19.1 Å². The molecule has 0 saturated carbocycles. The van der Waals surface area contributed by atoms with Crippen molar-refractivity contribution in [3.8, 4) is 22.6 Å². The van der Waals surface area contributed by atoms with Crippen molar-refractivity contribution in [3.63, 3.8) is 0 Å². The Balaban J connectivity index is 2.12. The van der Waals surface area contributed by atoms with Crippen LogP contribution < -0.4 is 14.0 Å². The topological polar surface area (TPSA) is 42.6 Å². The number of methoxy groups -OCH3 is 1. The van der Waals surface area contributed by atoms with Crippen LogP contribution in [0.2, 0.25) is 0 Å². The fourth-order valence-corrected chi connectivity index (χ4v) is 3.02. The van der Waals surface area contributed by atoms with Gasteiger partial charge in [-0.15, -0.1) is 0 Å². The summed E-state index contributed by atoms with van der Waals surface area (Å²) in [5.74, 6) is 1.67. The first kappa shape index (κ1) is 19.2. The molecule has 0 aliphatic carbocycles. The number of pyridine rings is 1. The molecule has 0 amide bonds. The van der Waals surface area contributed by atoms with Gasteiger partial charge < -0.3 is 14.6 Å². The lowest BCUT2D eigenvalue weighted by molar-refractivity contribution is -0.752. The number of fused-ring (bicyclic) bond motifs is 1. The number of rotatable bonds is 6. The highest BCUT2D eigenvalue weighted by atomic mass is 16.5. The summed E-state index contributed by atoms with van der Waals surface area (Å²) < 4.78 is 13.3. The van der Waals surface area contributed by atoms with Gasteiger partial charge in [0.1, 0.15) is 11.5 Å². The second kappa shape index (κ2) is 7.97. The van der Waals surface area contributed by atoms with Crippen LogP contribution in [-0.2, 0) is 5.54 Å². The van der Waals surface area contributed by atoms with Gasteiger partial charge in [0.15, 0.2) is 17.9 Å². The average molecular weight is 366 g/mol. The normalized spacial score (nSPS) is 11.6. The summed E-state index contributed by atoms with van der Waals surface area (Å²) in [7, 11) is 1.68. The quantitative estimate of drug-likeness (QED) is 0.522. The minimum atomic E-state index is -0.0385. The summed E-state index contributed by atoms with van der Waals surface area (Å²) in [5.41, 5.74) is 2.28. The molecule has 0 unspecified atom stereocenters. The molecule has 0 aliphatic rings. The number of aliphatic hydroxyl groups excluding tert-OH is 1. The van der Waals surface area contributed by atoms with E-state index in [4.69, 9.17) is 14.6 Å². The number of aliphatic hydroxyl groups is 1. The molecule has 0 bridgehead atoms. The highest BCUT2D eigenvalue weighted by Gasteiger charge is 2.24. The molecule has 3 rings (SSSR count). The van der Waals surface area contributed by atoms with Crippen molar-refractivity contribution in [1.82, 2.24) is 0 Å². The smallest absolute Gasteiger partial charge is 0.177 e. The number of aromatic nitrogens is 1. The lowest BCUT2D eigenvalue weighted by Crippen LogP contribution is -2.49. The molecule has 0 saturated heterocycles. The maximum atomic E-state index is 8.95. The Labute approximate surface area is 161 Å². The molecule has 142 valence electrons. The number of hydrogen-bond donors (Lipinski definition) is 1. The van der Waals surface area contributed by atoms with E-state index in [1.165, 1.54) is 10.9 Å². The molecule has 0 fully saturated rings. The fraction of sp³-hybridized carbons (Fsp3) is 0.348. The van der Waals surface area contributed by atoms with E-state index in [1.54, 1.807) is 7.11 Å². The van der Waals surface area contributed by atoms with Crippen molar-refractivity contribution in [2.24, 2.45) is 0 Å². The van der Waals surface area contributed by atoms with Crippen molar-refractivity contribution in [2.75, 3.05) is 20.3 Å². The third-order valence-electron chi connectivity index (χ3n) is 4.61. The minimum Gasteiger partial charge on any atom is -0.497 e. The number of hydrogen-bond acceptors (Lipinski definition) is 3. The Kier molecular flexibility index (Phi) is 5.66. The van der Waals surface area contributed by atoms with Gasteiger partial charge in [0.25, 0.3) is 0 Å². The van der Waals surface area contributed by atoms with Gasteiger partial charge in [-0.25, -0.2) is 0 Å². The van der Waals surface area contributed by atoms with E-state index in [1.807, 2.05) is 18.2 Å². The van der Waals surface area contributed by atoms with Crippen LogP contribution in [0.5, 0.6) is 11.5 Å². The molecule has 0 spiro atoms. The van der Waals surface area contributed by atoms with Crippen LogP contribution in [0.1, 0.15) is 27.2 Å². The van der Waals surface area contributed by atoms with E-state index >= 15 is 0 Å². The second-order valence-electron chi connectivity index (χ2n) is 7.65. The lowest BCUT2D eigenvalue weighted by Gasteiger charge is -2.16. The molecule has 27 heavy (non-hydrogen) atoms. The Hall–Kier alpha value is -2.59. The predicted octanol–water partition coefficient (Wildman–Crippen LogP) is 4.32. The van der Waals surface area contributed by atoms with Gasteiger partial charge in [0.05, 0.1) is 24.7 Å². The van der Waals surface area contributed by atoms with Crippen molar-refractivity contribution in [2.45, 2.75) is 32.7 Å². The Morgan fingerprint density at radius 1 is 0.963 bits per heavy atom. The zero-order valence-corrected chi connectivity index (χ0v) is 16.5. The van der Waals surface area contributed by atoms with Crippen LogP contribution in [0, 0.1) is 0 Å². The van der Waals surface area contributed by atoms with Gasteiger partial charge in [-0.05, 0) is 35.9 Å². The van der Waals surface area contributed by atoms with Crippen molar-refractivity contribution >= 4 is 10.8 Å². The average Bonchev–Trinajstić information content (AvgIpc) is 2.66. The lowest BCUT2D eigenvalue weighted by atomic mass is 9.98. The summed E-state index contributed by atoms with van der Waals surface area (Å²) in [6, 6.07) is 14.3. The molecule has 1 heterocycles. The predicted molar refractivity (Wildman–Crippen MR) is 108 cm³/mol. The fourth-order valence-electron chi connectivity index (χ4n) is 3.02. The van der Waals surface area contributed by atoms with Gasteiger partial charge in [0.2, 0.25) is 0 Å². The van der Waals surface area contributed by atoms with Gasteiger partial charge >= 0.3 is 0 Å². The monoisotopic (exact) mass is 366 g/mol. The minimum absolute atomic E-state index is 0.0385. The molecule has 0 radical (unpaired) electrons. The zero-order valence-electron chi connectivity index (χ0n) is 16.5. The number of nitrogens with zero attached hydrogens (tertiary/aromatic N) is 1. The number of ether oxygens (including phenoxy) is 2. The first-order valence-electron chi connectivity index (χ1n) is 9.30. The second-order valence-corrected chi connectivity index (χ2v) is 7.65. The molecule has 4 nitrogen and oxygen atoms in total. The van der Waals surface area contributed by atoms with Gasteiger partial charge in [-0.2, -0.15) is 4.57 Å². The summed E-state index contributed by atoms with van der Waals surface area (Å²) in [6.45, 7) is 7.23. The van der Waals surface area contributed by atoms with Crippen LogP contribution in [-0.4, -0.2) is 25.4 Å². The highest BCUT2D eigenvalue weighted by Crippen LogP contribution is 2.31. The molecule has 4 heteroatoms. The van der Waals surface area contributed by atoms with Crippen LogP contribution >= 0.6 is 0 Å². The molecule has 0 aliphatic heterocycles. The van der Waals surface area contributed by atoms with E-state index in [0.717, 1.165) is 22.4 Å². The molecule has 1 N–H and O–H groups in total. The maximum Gasteiger partial charge on any atom is 0.177 e. The molecule has 0 atom stereocenters. The molecular weight excluding hydrogens is 338 g/mol. The van der Waals surface area contributed by atoms with E-state index in [9.17, 15) is 0 Å². The van der Waals surface area contributed by atoms with Crippen LogP contribution in [0.4, 0.5) is 0 Å². The summed E-state index contributed by atoms with van der Waals surface area (Å²) in [4.78, 5) is 0. The van der Waals surface area contributed by atoms with Crippen LogP contribution in [0.25, 0.3) is 21.9 Å². The molecule has 2 aromatic carbocycles. The molecular formula is C23H28NO3+. The molecule has 3 aromatic rings. The number of benzene rings is 2. The Morgan fingerprint density at radius 2 is 1.67 bits per heavy atom. The SMILES string of the molecule is COc1ccc(-c2c[n+](C(C)(C)C)cc3cc(OCCCO)ccc23)cc1. The van der Waals surface area contributed by atoms with E-state index < -0.39 is 0 Å². The van der Waals surface area contributed by atoms with Gasteiger partial charge in [-0.3, -0.25) is 0 Å². The third-order valence-corrected chi connectivity index (χ3v) is 4.61.